The summed E-state index contributed by atoms with van der Waals surface area (Å²) in [6.45, 7) is 4.62. The molecule has 0 aliphatic heterocycles. The van der Waals surface area contributed by atoms with Crippen LogP contribution in [0.25, 0.3) is 0 Å². The normalized spacial score (nSPS) is 12.6. The third kappa shape index (κ3) is 4.91. The summed E-state index contributed by atoms with van der Waals surface area (Å²) in [5, 5.41) is 22.8. The fourth-order valence-corrected chi connectivity index (χ4v) is 1.80. The van der Waals surface area contributed by atoms with Gasteiger partial charge >= 0.3 is 11.7 Å². The summed E-state index contributed by atoms with van der Waals surface area (Å²) < 4.78 is 9.69. The Kier molecular flexibility index (Phi) is 6.45. The highest BCUT2D eigenvalue weighted by molar-refractivity contribution is 5.90. The number of hydrogen-bond acceptors (Lipinski definition) is 7. The summed E-state index contributed by atoms with van der Waals surface area (Å²) in [6, 6.07) is 5.53. The molecule has 0 aliphatic rings. The number of esters is 1. The van der Waals surface area contributed by atoms with Crippen molar-refractivity contribution in [2.24, 2.45) is 5.92 Å². The highest BCUT2D eigenvalue weighted by Crippen LogP contribution is 2.28. The van der Waals surface area contributed by atoms with Crippen LogP contribution in [0.3, 0.4) is 0 Å². The molecule has 0 aromatic heterocycles. The molecule has 0 bridgehead atoms. The Bertz CT molecular complexity index is 725. The highest BCUT2D eigenvalue weighted by Gasteiger charge is 2.30. The van der Waals surface area contributed by atoms with E-state index < -0.39 is 34.6 Å². The molecule has 0 unspecified atom stereocenters. The van der Waals surface area contributed by atoms with Crippen LogP contribution in [0.2, 0.25) is 0 Å². The van der Waals surface area contributed by atoms with E-state index in [0.29, 0.717) is 0 Å². The lowest BCUT2D eigenvalue weighted by Gasteiger charge is -2.27. The first-order chi connectivity index (χ1) is 11.6. The maximum absolute atomic E-state index is 12.0. The van der Waals surface area contributed by atoms with Gasteiger partial charge < -0.3 is 14.8 Å². The number of rotatable bonds is 7. The van der Waals surface area contributed by atoms with E-state index >= 15 is 0 Å². The largest absolute Gasteiger partial charge is 0.477 e. The van der Waals surface area contributed by atoms with Crippen molar-refractivity contribution < 1.29 is 24.0 Å². The number of carbonyl (C=O) groups excluding carboxylic acids is 2. The second-order valence-electron chi connectivity index (χ2n) is 5.74. The molecular formula is C16H19N3O6. The first-order valence-corrected chi connectivity index (χ1v) is 7.36. The predicted octanol–water partition coefficient (Wildman–Crippen LogP) is 1.81. The van der Waals surface area contributed by atoms with E-state index in [9.17, 15) is 25.0 Å². The number of nitrogens with one attached hydrogen (secondary N) is 1. The van der Waals surface area contributed by atoms with E-state index in [-0.39, 0.29) is 17.2 Å². The van der Waals surface area contributed by atoms with Crippen molar-refractivity contribution in [3.05, 3.63) is 33.9 Å². The van der Waals surface area contributed by atoms with E-state index in [2.05, 4.69) is 10.1 Å². The first kappa shape index (κ1) is 19.9. The van der Waals surface area contributed by atoms with Crippen molar-refractivity contribution in [1.82, 2.24) is 5.32 Å². The average Bonchev–Trinajstić information content (AvgIpc) is 2.58. The molecule has 0 saturated heterocycles. The second-order valence-corrected chi connectivity index (χ2v) is 5.74. The Hall–Kier alpha value is -3.15. The number of nitrogens with zero attached hydrogens (tertiary/aromatic N) is 2. The summed E-state index contributed by atoms with van der Waals surface area (Å²) in [5.41, 5.74) is -1.56. The molecule has 134 valence electrons. The van der Waals surface area contributed by atoms with Gasteiger partial charge in [0.15, 0.2) is 12.4 Å². The van der Waals surface area contributed by atoms with Crippen LogP contribution < -0.4 is 10.1 Å². The van der Waals surface area contributed by atoms with E-state index in [1.54, 1.807) is 20.8 Å². The predicted molar refractivity (Wildman–Crippen MR) is 86.9 cm³/mol. The molecule has 0 fully saturated rings. The van der Waals surface area contributed by atoms with E-state index in [1.807, 2.05) is 6.07 Å². The SMILES string of the molecule is COC(=O)c1ccc(OCC(=O)N[C@](C)(C#N)C(C)C)c([N+](=O)[O-])c1. The van der Waals surface area contributed by atoms with Crippen molar-refractivity contribution in [3.8, 4) is 11.8 Å². The smallest absolute Gasteiger partial charge is 0.338 e. The molecule has 0 heterocycles. The molecule has 1 rings (SSSR count). The summed E-state index contributed by atoms with van der Waals surface area (Å²) in [4.78, 5) is 33.8. The fraction of sp³-hybridized carbons (Fsp3) is 0.438. The number of carbonyl (C=O) groups is 2. The lowest BCUT2D eigenvalue weighted by atomic mass is 9.90. The number of benzene rings is 1. The van der Waals surface area contributed by atoms with Crippen LogP contribution in [0.1, 0.15) is 31.1 Å². The summed E-state index contributed by atoms with van der Waals surface area (Å²) >= 11 is 0. The van der Waals surface area contributed by atoms with E-state index in [1.165, 1.54) is 12.1 Å². The molecule has 1 aromatic carbocycles. The van der Waals surface area contributed by atoms with E-state index in [0.717, 1.165) is 13.2 Å². The minimum absolute atomic E-state index is 0.0112. The first-order valence-electron chi connectivity index (χ1n) is 7.36. The highest BCUT2D eigenvalue weighted by atomic mass is 16.6. The van der Waals surface area contributed by atoms with Gasteiger partial charge in [0, 0.05) is 6.07 Å². The van der Waals surface area contributed by atoms with Gasteiger partial charge in [0.2, 0.25) is 0 Å². The zero-order valence-electron chi connectivity index (χ0n) is 14.4. The van der Waals surface area contributed by atoms with Gasteiger partial charge in [0.25, 0.3) is 5.91 Å². The standard InChI is InChI=1S/C16H19N3O6/c1-10(2)16(3,9-17)18-14(20)8-25-13-6-5-11(15(21)24-4)7-12(13)19(22)23/h5-7,10H,8H2,1-4H3,(H,18,20)/t16-/m1/s1. The van der Waals surface area contributed by atoms with Crippen molar-refractivity contribution in [3.63, 3.8) is 0 Å². The van der Waals surface area contributed by atoms with Gasteiger partial charge in [-0.2, -0.15) is 5.26 Å². The second kappa shape index (κ2) is 8.10. The summed E-state index contributed by atoms with van der Waals surface area (Å²) in [7, 11) is 1.16. The maximum Gasteiger partial charge on any atom is 0.338 e. The van der Waals surface area contributed by atoms with Crippen molar-refractivity contribution in [2.75, 3.05) is 13.7 Å². The average molecular weight is 349 g/mol. The molecule has 1 amide bonds. The van der Waals surface area contributed by atoms with Crippen LogP contribution in [0.5, 0.6) is 5.75 Å². The molecule has 0 aliphatic carbocycles. The molecular weight excluding hydrogens is 330 g/mol. The van der Waals surface area contributed by atoms with Gasteiger partial charge in [-0.25, -0.2) is 4.79 Å². The quantitative estimate of drug-likeness (QED) is 0.451. The Morgan fingerprint density at radius 3 is 2.56 bits per heavy atom. The van der Waals surface area contributed by atoms with Crippen LogP contribution >= 0.6 is 0 Å². The van der Waals surface area contributed by atoms with Crippen molar-refractivity contribution >= 4 is 17.6 Å². The van der Waals surface area contributed by atoms with E-state index in [4.69, 9.17) is 4.74 Å². The molecule has 25 heavy (non-hydrogen) atoms. The zero-order chi connectivity index (χ0) is 19.2. The van der Waals surface area contributed by atoms with Crippen molar-refractivity contribution in [1.29, 1.82) is 5.26 Å². The van der Waals surface area contributed by atoms with Crippen LogP contribution in [-0.2, 0) is 9.53 Å². The van der Waals surface area contributed by atoms with Gasteiger partial charge in [-0.3, -0.25) is 14.9 Å². The number of nitriles is 1. The molecule has 1 aromatic rings. The number of methoxy groups -OCH3 is 1. The van der Waals surface area contributed by atoms with Gasteiger partial charge in [-0.05, 0) is 25.0 Å². The van der Waals surface area contributed by atoms with Crippen LogP contribution in [0, 0.1) is 27.4 Å². The van der Waals surface area contributed by atoms with Gasteiger partial charge in [-0.1, -0.05) is 13.8 Å². The topological polar surface area (TPSA) is 132 Å². The van der Waals surface area contributed by atoms with Gasteiger partial charge in [0.1, 0.15) is 5.54 Å². The number of hydrogen-bond donors (Lipinski definition) is 1. The summed E-state index contributed by atoms with van der Waals surface area (Å²) in [6.07, 6.45) is 0. The lowest BCUT2D eigenvalue weighted by Crippen LogP contribution is -2.50. The van der Waals surface area contributed by atoms with Crippen molar-refractivity contribution in [2.45, 2.75) is 26.3 Å². The Morgan fingerprint density at radius 2 is 2.08 bits per heavy atom. The minimum atomic E-state index is -1.08. The molecule has 0 spiro atoms. The number of nitro benzene ring substituents is 1. The maximum atomic E-state index is 12.0. The fourth-order valence-electron chi connectivity index (χ4n) is 1.80. The molecule has 1 atom stereocenters. The lowest BCUT2D eigenvalue weighted by molar-refractivity contribution is -0.385. The molecule has 1 N–H and O–H groups in total. The Morgan fingerprint density at radius 1 is 1.44 bits per heavy atom. The summed E-state index contributed by atoms with van der Waals surface area (Å²) in [5.74, 6) is -1.63. The molecule has 9 heteroatoms. The minimum Gasteiger partial charge on any atom is -0.477 e. The number of nitro groups is 1. The third-order valence-electron chi connectivity index (χ3n) is 3.72. The molecule has 0 saturated carbocycles. The van der Waals surface area contributed by atoms with Crippen LogP contribution in [0.4, 0.5) is 5.69 Å². The van der Waals surface area contributed by atoms with Gasteiger partial charge in [-0.15, -0.1) is 0 Å². The number of amides is 1. The zero-order valence-corrected chi connectivity index (χ0v) is 14.4. The van der Waals surface area contributed by atoms with Gasteiger partial charge in [0.05, 0.1) is 23.7 Å². The third-order valence-corrected chi connectivity index (χ3v) is 3.72. The Labute approximate surface area is 144 Å². The number of ether oxygens (including phenoxy) is 2. The molecule has 9 nitrogen and oxygen atoms in total. The Balaban J connectivity index is 2.90. The van der Waals surface area contributed by atoms with Crippen LogP contribution in [-0.4, -0.2) is 36.1 Å². The molecule has 0 radical (unpaired) electrons. The van der Waals surface area contributed by atoms with Crippen LogP contribution in [0.15, 0.2) is 18.2 Å². The monoisotopic (exact) mass is 349 g/mol.